The summed E-state index contributed by atoms with van der Waals surface area (Å²) in [4.78, 5) is 17.9. The van der Waals surface area contributed by atoms with Crippen molar-refractivity contribution >= 4 is 5.91 Å². The quantitative estimate of drug-likeness (QED) is 0.834. The van der Waals surface area contributed by atoms with Crippen molar-refractivity contribution in [2.24, 2.45) is 0 Å². The molecule has 0 saturated carbocycles. The van der Waals surface area contributed by atoms with Crippen LogP contribution in [0.4, 0.5) is 0 Å². The number of pyridine rings is 1. The Kier molecular flexibility index (Phi) is 4.28. The Morgan fingerprint density at radius 3 is 2.94 bits per heavy atom. The fraction of sp³-hybridized carbons (Fsp3) is 0.538. The standard InChI is InChI=1S/C13H18N2O3/c1-10-9-18-12(8-16)7-15(10)13(17)6-11-2-4-14-5-3-11/h2-5,10,12,16H,6-9H2,1H3. The van der Waals surface area contributed by atoms with E-state index in [2.05, 4.69) is 4.98 Å². The molecule has 2 rings (SSSR count). The van der Waals surface area contributed by atoms with Crippen LogP contribution in [0.2, 0.25) is 0 Å². The summed E-state index contributed by atoms with van der Waals surface area (Å²) < 4.78 is 5.42. The minimum atomic E-state index is -0.261. The molecule has 1 saturated heterocycles. The Labute approximate surface area is 106 Å². The predicted molar refractivity (Wildman–Crippen MR) is 65.9 cm³/mol. The largest absolute Gasteiger partial charge is 0.394 e. The Morgan fingerprint density at radius 1 is 1.56 bits per heavy atom. The van der Waals surface area contributed by atoms with Crippen molar-refractivity contribution < 1.29 is 14.6 Å². The van der Waals surface area contributed by atoms with Gasteiger partial charge in [-0.3, -0.25) is 9.78 Å². The zero-order chi connectivity index (χ0) is 13.0. The molecule has 2 heterocycles. The van der Waals surface area contributed by atoms with Gasteiger partial charge in [0.1, 0.15) is 0 Å². The Balaban J connectivity index is 1.99. The van der Waals surface area contributed by atoms with E-state index in [1.807, 2.05) is 19.1 Å². The highest BCUT2D eigenvalue weighted by Gasteiger charge is 2.28. The molecule has 1 aromatic rings. The van der Waals surface area contributed by atoms with Crippen LogP contribution >= 0.6 is 0 Å². The number of carbonyl (C=O) groups is 1. The van der Waals surface area contributed by atoms with E-state index in [0.29, 0.717) is 19.6 Å². The lowest BCUT2D eigenvalue weighted by Gasteiger charge is -2.37. The average molecular weight is 250 g/mol. The number of hydrogen-bond acceptors (Lipinski definition) is 4. The van der Waals surface area contributed by atoms with Crippen LogP contribution in [-0.2, 0) is 16.0 Å². The van der Waals surface area contributed by atoms with Gasteiger partial charge in [-0.25, -0.2) is 0 Å². The molecule has 18 heavy (non-hydrogen) atoms. The molecule has 1 aromatic heterocycles. The van der Waals surface area contributed by atoms with Crippen LogP contribution in [0.5, 0.6) is 0 Å². The number of morpholine rings is 1. The zero-order valence-corrected chi connectivity index (χ0v) is 10.5. The van der Waals surface area contributed by atoms with Crippen molar-refractivity contribution in [1.29, 1.82) is 0 Å². The highest BCUT2D eigenvalue weighted by Crippen LogP contribution is 2.13. The lowest BCUT2D eigenvalue weighted by Crippen LogP contribution is -2.52. The number of hydrogen-bond donors (Lipinski definition) is 1. The molecule has 1 aliphatic rings. The van der Waals surface area contributed by atoms with Gasteiger partial charge < -0.3 is 14.7 Å². The maximum atomic E-state index is 12.2. The normalized spacial score (nSPS) is 24.0. The number of ether oxygens (including phenoxy) is 1. The third kappa shape index (κ3) is 3.05. The summed E-state index contributed by atoms with van der Waals surface area (Å²) in [6.07, 6.45) is 3.47. The third-order valence-electron chi connectivity index (χ3n) is 3.13. The van der Waals surface area contributed by atoms with Gasteiger partial charge in [-0.2, -0.15) is 0 Å². The molecule has 0 aliphatic carbocycles. The maximum Gasteiger partial charge on any atom is 0.227 e. The Bertz CT molecular complexity index is 396. The van der Waals surface area contributed by atoms with E-state index >= 15 is 0 Å². The first-order valence-corrected chi connectivity index (χ1v) is 6.11. The summed E-state index contributed by atoms with van der Waals surface area (Å²) in [5.41, 5.74) is 0.953. The molecule has 0 bridgehead atoms. The minimum Gasteiger partial charge on any atom is -0.394 e. The number of aromatic nitrogens is 1. The molecular weight excluding hydrogens is 232 g/mol. The van der Waals surface area contributed by atoms with Gasteiger partial charge in [-0.05, 0) is 24.6 Å². The maximum absolute atomic E-state index is 12.2. The number of amides is 1. The summed E-state index contributed by atoms with van der Waals surface area (Å²) in [6, 6.07) is 3.74. The first-order valence-electron chi connectivity index (χ1n) is 6.11. The molecule has 5 heteroatoms. The van der Waals surface area contributed by atoms with Gasteiger partial charge in [0, 0.05) is 18.9 Å². The van der Waals surface area contributed by atoms with E-state index in [1.54, 1.807) is 17.3 Å². The summed E-state index contributed by atoms with van der Waals surface area (Å²) in [6.45, 7) is 2.85. The average Bonchev–Trinajstić information content (AvgIpc) is 2.40. The monoisotopic (exact) mass is 250 g/mol. The molecule has 0 spiro atoms. The van der Waals surface area contributed by atoms with Crippen molar-refractivity contribution in [3.8, 4) is 0 Å². The topological polar surface area (TPSA) is 62.7 Å². The molecule has 0 radical (unpaired) electrons. The van der Waals surface area contributed by atoms with Crippen LogP contribution in [0, 0.1) is 0 Å². The van der Waals surface area contributed by atoms with Crippen molar-refractivity contribution in [2.75, 3.05) is 19.8 Å². The summed E-state index contributed by atoms with van der Waals surface area (Å²) in [5.74, 6) is 0.0652. The van der Waals surface area contributed by atoms with E-state index in [-0.39, 0.29) is 24.7 Å². The Hall–Kier alpha value is -1.46. The van der Waals surface area contributed by atoms with Crippen molar-refractivity contribution in [3.63, 3.8) is 0 Å². The van der Waals surface area contributed by atoms with Crippen LogP contribution in [0.3, 0.4) is 0 Å². The predicted octanol–water partition coefficient (Wildman–Crippen LogP) is 0.232. The van der Waals surface area contributed by atoms with Crippen LogP contribution in [0.15, 0.2) is 24.5 Å². The molecule has 0 aromatic carbocycles. The Morgan fingerprint density at radius 2 is 2.28 bits per heavy atom. The highest BCUT2D eigenvalue weighted by molar-refractivity contribution is 5.79. The lowest BCUT2D eigenvalue weighted by atomic mass is 10.1. The van der Waals surface area contributed by atoms with Gasteiger partial charge in [0.15, 0.2) is 0 Å². The molecule has 1 fully saturated rings. The fourth-order valence-corrected chi connectivity index (χ4v) is 2.05. The van der Waals surface area contributed by atoms with Crippen molar-refractivity contribution in [3.05, 3.63) is 30.1 Å². The van der Waals surface area contributed by atoms with Gasteiger partial charge >= 0.3 is 0 Å². The van der Waals surface area contributed by atoms with Gasteiger partial charge in [0.25, 0.3) is 0 Å². The first-order chi connectivity index (χ1) is 8.70. The minimum absolute atomic E-state index is 0.0498. The second-order valence-electron chi connectivity index (χ2n) is 4.57. The summed E-state index contributed by atoms with van der Waals surface area (Å²) in [5, 5.41) is 9.10. The van der Waals surface area contributed by atoms with Gasteiger partial charge in [0.2, 0.25) is 5.91 Å². The van der Waals surface area contributed by atoms with Crippen LogP contribution in [0.1, 0.15) is 12.5 Å². The summed E-state index contributed by atoms with van der Waals surface area (Å²) in [7, 11) is 0. The molecule has 1 aliphatic heterocycles. The molecule has 1 N–H and O–H groups in total. The smallest absolute Gasteiger partial charge is 0.227 e. The zero-order valence-electron chi connectivity index (χ0n) is 10.5. The molecule has 1 amide bonds. The van der Waals surface area contributed by atoms with Crippen molar-refractivity contribution in [2.45, 2.75) is 25.5 Å². The third-order valence-corrected chi connectivity index (χ3v) is 3.13. The van der Waals surface area contributed by atoms with E-state index in [4.69, 9.17) is 9.84 Å². The molecule has 2 unspecified atom stereocenters. The van der Waals surface area contributed by atoms with Crippen LogP contribution in [0.25, 0.3) is 0 Å². The first kappa shape index (κ1) is 13.0. The summed E-state index contributed by atoms with van der Waals surface area (Å²) >= 11 is 0. The van der Waals surface area contributed by atoms with E-state index in [1.165, 1.54) is 0 Å². The molecule has 98 valence electrons. The number of aliphatic hydroxyl groups is 1. The highest BCUT2D eigenvalue weighted by atomic mass is 16.5. The SMILES string of the molecule is CC1COC(CO)CN1C(=O)Cc1ccncc1. The second-order valence-corrected chi connectivity index (χ2v) is 4.57. The molecular formula is C13H18N2O3. The van der Waals surface area contributed by atoms with Gasteiger partial charge in [-0.1, -0.05) is 0 Å². The van der Waals surface area contributed by atoms with Crippen LogP contribution < -0.4 is 0 Å². The van der Waals surface area contributed by atoms with E-state index in [9.17, 15) is 4.79 Å². The number of aliphatic hydroxyl groups excluding tert-OH is 1. The lowest BCUT2D eigenvalue weighted by molar-refractivity contribution is -0.145. The number of carbonyl (C=O) groups excluding carboxylic acids is 1. The number of rotatable bonds is 3. The number of nitrogens with zero attached hydrogens (tertiary/aromatic N) is 2. The molecule has 2 atom stereocenters. The van der Waals surface area contributed by atoms with Gasteiger partial charge in [0.05, 0.1) is 31.8 Å². The fourth-order valence-electron chi connectivity index (χ4n) is 2.05. The second kappa shape index (κ2) is 5.93. The van der Waals surface area contributed by atoms with Crippen molar-refractivity contribution in [1.82, 2.24) is 9.88 Å². The van der Waals surface area contributed by atoms with E-state index in [0.717, 1.165) is 5.56 Å². The van der Waals surface area contributed by atoms with E-state index < -0.39 is 0 Å². The molecule has 5 nitrogen and oxygen atoms in total. The van der Waals surface area contributed by atoms with Gasteiger partial charge in [-0.15, -0.1) is 0 Å². The van der Waals surface area contributed by atoms with Crippen LogP contribution in [-0.4, -0.2) is 52.8 Å².